The molecule has 7 heterocycles. The number of nitrogens with one attached hydrogen (secondary N) is 2. The Kier molecular flexibility index (Phi) is 8.88. The molecule has 4 aliphatic heterocycles. The van der Waals surface area contributed by atoms with Gasteiger partial charge in [-0.1, -0.05) is 146 Å². The summed E-state index contributed by atoms with van der Waals surface area (Å²) in [5, 5.41) is 4.19. The Morgan fingerprint density at radius 2 is 0.697 bits per heavy atom. The number of ether oxygens (including phenoxy) is 2. The van der Waals surface area contributed by atoms with E-state index in [-0.39, 0.29) is 0 Å². The second-order valence-electron chi connectivity index (χ2n) is 16.9. The van der Waals surface area contributed by atoms with Crippen LogP contribution in [0.5, 0.6) is 11.5 Å². The predicted octanol–water partition coefficient (Wildman–Crippen LogP) is 15.1. The van der Waals surface area contributed by atoms with Crippen LogP contribution in [0.25, 0.3) is 112 Å². The Labute approximate surface area is 380 Å². The number of fused-ring (bicyclic) bond motifs is 10. The van der Waals surface area contributed by atoms with Crippen molar-refractivity contribution in [1.29, 1.82) is 0 Å². The van der Waals surface area contributed by atoms with Crippen molar-refractivity contribution in [1.82, 2.24) is 19.9 Å². The van der Waals surface area contributed by atoms with Gasteiger partial charge in [-0.05, 0) is 105 Å². The van der Waals surface area contributed by atoms with Crippen LogP contribution >= 0.6 is 0 Å². The number of aromatic amines is 2. The van der Waals surface area contributed by atoms with Crippen molar-refractivity contribution in [3.05, 3.63) is 216 Å². The summed E-state index contributed by atoms with van der Waals surface area (Å²) >= 11 is 0. The first kappa shape index (κ1) is 37.8. The van der Waals surface area contributed by atoms with Crippen LogP contribution in [-0.2, 0) is 13.2 Å². The molecule has 14 rings (SSSR count). The molecule has 0 spiro atoms. The van der Waals surface area contributed by atoms with E-state index in [0.717, 1.165) is 134 Å². The Morgan fingerprint density at radius 3 is 1.11 bits per heavy atom. The molecule has 0 fully saturated rings. The molecular formula is C60H40N4O2. The molecule has 3 aromatic heterocycles. The topological polar surface area (TPSA) is 75.8 Å². The minimum Gasteiger partial charge on any atom is -0.488 e. The molecular weight excluding hydrogens is 809 g/mol. The predicted molar refractivity (Wildman–Crippen MR) is 271 cm³/mol. The standard InChI is InChI=1S/C60H40N4O2/c1-3-11-41(12-4-1)57-45-27-28-46(61-45)58(42-13-5-2-6-14-42)48-30-32-50(63-48)60-44-20-8-16-40-18-10-22-54(56(40)44)66-36-38-25-23-37(24-26-38)35-65-53-21-9-17-39-15-7-19-43(55(39)53)59(49-31-29-47(57)62-49)51-33-34-52(60)64-51/h1-34,61,64H,35-36H2. The number of benzene rings is 7. The fourth-order valence-corrected chi connectivity index (χ4v) is 9.91. The molecule has 4 aliphatic rings. The van der Waals surface area contributed by atoms with Crippen LogP contribution in [0.2, 0.25) is 0 Å². The average Bonchev–Trinajstić information content (AvgIpc) is 4.22. The molecule has 12 bridgehead atoms. The molecule has 0 amide bonds. The zero-order chi connectivity index (χ0) is 43.6. The van der Waals surface area contributed by atoms with E-state index in [1.807, 2.05) is 0 Å². The highest BCUT2D eigenvalue weighted by atomic mass is 16.5. The largest absolute Gasteiger partial charge is 0.488 e. The van der Waals surface area contributed by atoms with Gasteiger partial charge in [-0.15, -0.1) is 0 Å². The summed E-state index contributed by atoms with van der Waals surface area (Å²) in [6.07, 6.45) is 8.60. The highest BCUT2D eigenvalue weighted by molar-refractivity contribution is 6.09. The van der Waals surface area contributed by atoms with Gasteiger partial charge in [-0.2, -0.15) is 0 Å². The van der Waals surface area contributed by atoms with Crippen LogP contribution in [-0.4, -0.2) is 19.9 Å². The van der Waals surface area contributed by atoms with Gasteiger partial charge in [0, 0.05) is 55.1 Å². The Bertz CT molecular complexity index is 3550. The molecule has 0 saturated heterocycles. The maximum Gasteiger partial charge on any atom is 0.128 e. The Balaban J connectivity index is 1.23. The van der Waals surface area contributed by atoms with E-state index >= 15 is 0 Å². The fourth-order valence-electron chi connectivity index (χ4n) is 9.91. The van der Waals surface area contributed by atoms with Gasteiger partial charge in [0.25, 0.3) is 0 Å². The average molecular weight is 849 g/mol. The van der Waals surface area contributed by atoms with Crippen LogP contribution in [0.15, 0.2) is 182 Å². The number of rotatable bonds is 2. The zero-order valence-corrected chi connectivity index (χ0v) is 35.8. The third-order valence-electron chi connectivity index (χ3n) is 13.0. The second-order valence-corrected chi connectivity index (χ2v) is 16.9. The molecule has 2 N–H and O–H groups in total. The second kappa shape index (κ2) is 15.5. The number of aromatic nitrogens is 4. The number of nitrogens with zero attached hydrogens (tertiary/aromatic N) is 2. The van der Waals surface area contributed by atoms with Crippen molar-refractivity contribution >= 4 is 67.9 Å². The molecule has 0 atom stereocenters. The van der Waals surface area contributed by atoms with Crippen LogP contribution in [0, 0.1) is 0 Å². The zero-order valence-electron chi connectivity index (χ0n) is 35.8. The van der Waals surface area contributed by atoms with Gasteiger partial charge < -0.3 is 19.4 Å². The van der Waals surface area contributed by atoms with Crippen molar-refractivity contribution in [3.63, 3.8) is 0 Å². The molecule has 66 heavy (non-hydrogen) atoms. The Hall–Kier alpha value is -8.74. The highest BCUT2D eigenvalue weighted by Crippen LogP contribution is 2.44. The summed E-state index contributed by atoms with van der Waals surface area (Å²) in [5.41, 5.74) is 17.3. The smallest absolute Gasteiger partial charge is 0.128 e. The number of H-pyrrole nitrogens is 2. The Morgan fingerprint density at radius 1 is 0.333 bits per heavy atom. The molecule has 7 aromatic carbocycles. The van der Waals surface area contributed by atoms with Gasteiger partial charge in [0.2, 0.25) is 0 Å². The van der Waals surface area contributed by atoms with Gasteiger partial charge in [0.05, 0.1) is 22.8 Å². The fraction of sp³-hybridized carbons (Fsp3) is 0.0333. The molecule has 6 heteroatoms. The molecule has 0 saturated carbocycles. The molecule has 0 radical (unpaired) electrons. The van der Waals surface area contributed by atoms with E-state index in [0.29, 0.717) is 13.2 Å². The lowest BCUT2D eigenvalue weighted by molar-refractivity contribution is 0.306. The van der Waals surface area contributed by atoms with Crippen LogP contribution in [0.1, 0.15) is 33.9 Å². The van der Waals surface area contributed by atoms with E-state index in [1.165, 1.54) is 0 Å². The minimum atomic E-state index is 0.409. The van der Waals surface area contributed by atoms with Crippen molar-refractivity contribution in [2.24, 2.45) is 0 Å². The van der Waals surface area contributed by atoms with Gasteiger partial charge in [0.1, 0.15) is 24.7 Å². The van der Waals surface area contributed by atoms with E-state index in [9.17, 15) is 0 Å². The quantitative estimate of drug-likeness (QED) is 0.182. The third-order valence-corrected chi connectivity index (χ3v) is 13.0. The van der Waals surface area contributed by atoms with E-state index in [2.05, 4.69) is 216 Å². The van der Waals surface area contributed by atoms with Crippen molar-refractivity contribution in [2.45, 2.75) is 13.2 Å². The molecule has 0 unspecified atom stereocenters. The van der Waals surface area contributed by atoms with Crippen LogP contribution in [0.3, 0.4) is 0 Å². The summed E-state index contributed by atoms with van der Waals surface area (Å²) in [7, 11) is 0. The molecule has 10 aromatic rings. The first-order valence-corrected chi connectivity index (χ1v) is 22.3. The lowest BCUT2D eigenvalue weighted by Gasteiger charge is -2.15. The van der Waals surface area contributed by atoms with Crippen molar-refractivity contribution in [3.8, 4) is 56.0 Å². The minimum absolute atomic E-state index is 0.409. The molecule has 312 valence electrons. The first-order chi connectivity index (χ1) is 32.7. The SMILES string of the molecule is C1=Cc2nc1c(-c1ccccc1)c1ccc([nH]1)c(-c1ccccc1)c1nc(c3c4ccc([nH]4)c2-c2cccc4cccc(c24)OCc2ccc(cc2)COc2cccc4cccc-3c24)C=C1. The lowest BCUT2D eigenvalue weighted by Crippen LogP contribution is -1.99. The van der Waals surface area contributed by atoms with Crippen molar-refractivity contribution in [2.75, 3.05) is 0 Å². The van der Waals surface area contributed by atoms with Crippen LogP contribution < -0.4 is 9.47 Å². The van der Waals surface area contributed by atoms with Gasteiger partial charge in [-0.3, -0.25) is 0 Å². The van der Waals surface area contributed by atoms with Gasteiger partial charge in [0.15, 0.2) is 0 Å². The normalized spacial score (nSPS) is 12.8. The van der Waals surface area contributed by atoms with E-state index in [1.54, 1.807) is 0 Å². The number of hydrogen-bond acceptors (Lipinski definition) is 4. The highest BCUT2D eigenvalue weighted by Gasteiger charge is 2.22. The summed E-state index contributed by atoms with van der Waals surface area (Å²) in [4.78, 5) is 19.0. The molecule has 0 aliphatic carbocycles. The lowest BCUT2D eigenvalue weighted by atomic mass is 9.96. The third kappa shape index (κ3) is 6.41. The van der Waals surface area contributed by atoms with Crippen LogP contribution in [0.4, 0.5) is 0 Å². The summed E-state index contributed by atoms with van der Waals surface area (Å²) in [6, 6.07) is 63.8. The van der Waals surface area contributed by atoms with Gasteiger partial charge in [-0.25, -0.2) is 9.97 Å². The first-order valence-electron chi connectivity index (χ1n) is 22.3. The van der Waals surface area contributed by atoms with E-state index < -0.39 is 0 Å². The maximum absolute atomic E-state index is 6.78. The maximum atomic E-state index is 6.78. The summed E-state index contributed by atoms with van der Waals surface area (Å²) in [6.45, 7) is 0.817. The summed E-state index contributed by atoms with van der Waals surface area (Å²) < 4.78 is 13.6. The van der Waals surface area contributed by atoms with Gasteiger partial charge >= 0.3 is 0 Å². The van der Waals surface area contributed by atoms with E-state index in [4.69, 9.17) is 19.4 Å². The van der Waals surface area contributed by atoms with Crippen molar-refractivity contribution < 1.29 is 9.47 Å². The summed E-state index contributed by atoms with van der Waals surface area (Å²) in [5.74, 6) is 1.60. The molecule has 6 nitrogen and oxygen atoms in total. The monoisotopic (exact) mass is 848 g/mol. The number of hydrogen-bond donors (Lipinski definition) is 2.